The van der Waals surface area contributed by atoms with Gasteiger partial charge in [-0.25, -0.2) is 8.78 Å². The smallest absolute Gasteiger partial charge is 0.366 e. The Kier molecular flexibility index (Phi) is 3.00. The Morgan fingerprint density at radius 2 is 1.94 bits per heavy atom. The molecule has 0 aromatic carbocycles. The van der Waals surface area contributed by atoms with E-state index < -0.39 is 21.7 Å². The molecule has 8 heteroatoms. The van der Waals surface area contributed by atoms with E-state index in [9.17, 15) is 21.1 Å². The van der Waals surface area contributed by atoms with Crippen molar-refractivity contribution in [1.82, 2.24) is 0 Å². The zero-order valence-electron chi connectivity index (χ0n) is 8.06. The highest BCUT2D eigenvalue weighted by Crippen LogP contribution is 2.38. The van der Waals surface area contributed by atoms with E-state index in [1.165, 1.54) is 10.8 Å². The predicted octanol–water partition coefficient (Wildman–Crippen LogP) is 3.60. The average molecular weight is 282 g/mol. The molecule has 2 aromatic heterocycles. The van der Waals surface area contributed by atoms with Crippen molar-refractivity contribution in [1.29, 1.82) is 0 Å². The lowest BCUT2D eigenvalue weighted by molar-refractivity contribution is 0.152. The van der Waals surface area contributed by atoms with Gasteiger partial charge in [-0.2, -0.15) is 19.8 Å². The van der Waals surface area contributed by atoms with Crippen LogP contribution in [0.15, 0.2) is 32.6 Å². The van der Waals surface area contributed by atoms with Crippen LogP contribution in [0.5, 0.6) is 0 Å². The van der Waals surface area contributed by atoms with Gasteiger partial charge in [0.15, 0.2) is 0 Å². The minimum atomic E-state index is -5.07. The van der Waals surface area contributed by atoms with Crippen LogP contribution in [0.2, 0.25) is 0 Å². The lowest BCUT2D eigenvalue weighted by atomic mass is 10.1. The van der Waals surface area contributed by atoms with E-state index in [0.717, 1.165) is 23.7 Å². The molecule has 0 amide bonds. The van der Waals surface area contributed by atoms with Crippen LogP contribution in [0.3, 0.4) is 0 Å². The lowest BCUT2D eigenvalue weighted by Crippen LogP contribution is -1.93. The minimum absolute atomic E-state index is 0.0324. The predicted molar refractivity (Wildman–Crippen MR) is 55.3 cm³/mol. The van der Waals surface area contributed by atoms with E-state index in [2.05, 4.69) is 4.42 Å². The number of alkyl halides is 2. The molecule has 0 saturated heterocycles. The number of hydrogen-bond acceptors (Lipinski definition) is 4. The number of thiophene rings is 1. The van der Waals surface area contributed by atoms with Gasteiger partial charge in [0.2, 0.25) is 0 Å². The molecule has 0 aliphatic carbocycles. The summed E-state index contributed by atoms with van der Waals surface area (Å²) in [5.74, 6) is 0. The number of halogens is 3. The molecule has 0 fully saturated rings. The molecule has 0 spiro atoms. The monoisotopic (exact) mass is 282 g/mol. The van der Waals surface area contributed by atoms with Crippen molar-refractivity contribution in [2.45, 2.75) is 11.5 Å². The Balaban J connectivity index is 2.62. The quantitative estimate of drug-likeness (QED) is 0.808. The third-order valence-electron chi connectivity index (χ3n) is 2.07. The summed E-state index contributed by atoms with van der Waals surface area (Å²) < 4.78 is 64.0. The van der Waals surface area contributed by atoms with Gasteiger partial charge in [-0.1, -0.05) is 3.89 Å². The molecule has 0 aliphatic rings. The van der Waals surface area contributed by atoms with Crippen LogP contribution in [-0.4, -0.2) is 8.42 Å². The standard InChI is InChI=1S/C9H5F3O3S2/c10-8(11)7-4-16-3-6(7)5-1-2-15-9(5)17(12,13)14/h1-4,8H. The van der Waals surface area contributed by atoms with Crippen LogP contribution >= 0.6 is 11.3 Å². The van der Waals surface area contributed by atoms with Gasteiger partial charge in [0.05, 0.1) is 6.26 Å². The van der Waals surface area contributed by atoms with Crippen LogP contribution < -0.4 is 0 Å². The number of furan rings is 1. The van der Waals surface area contributed by atoms with E-state index in [4.69, 9.17) is 0 Å². The van der Waals surface area contributed by atoms with Gasteiger partial charge in [0.1, 0.15) is 0 Å². The molecule has 2 heterocycles. The highest BCUT2D eigenvalue weighted by Gasteiger charge is 2.26. The summed E-state index contributed by atoms with van der Waals surface area (Å²) in [5.41, 5.74) is -0.569. The second-order valence-electron chi connectivity index (χ2n) is 3.10. The Labute approximate surface area is 98.7 Å². The first-order valence-electron chi connectivity index (χ1n) is 4.28. The Bertz CT molecular complexity index is 627. The Hall–Kier alpha value is -1.28. The Morgan fingerprint density at radius 3 is 2.53 bits per heavy atom. The molecule has 0 N–H and O–H groups in total. The number of hydrogen-bond donors (Lipinski definition) is 0. The molecule has 92 valence electrons. The molecular weight excluding hydrogens is 277 g/mol. The van der Waals surface area contributed by atoms with Crippen molar-refractivity contribution in [2.75, 3.05) is 0 Å². The second kappa shape index (κ2) is 4.19. The first-order valence-corrected chi connectivity index (χ1v) is 6.60. The summed E-state index contributed by atoms with van der Waals surface area (Å²) in [6.45, 7) is 0. The molecule has 2 aromatic rings. The summed E-state index contributed by atoms with van der Waals surface area (Å²) in [5, 5.41) is 1.56. The maximum Gasteiger partial charge on any atom is 0.366 e. The fourth-order valence-electron chi connectivity index (χ4n) is 1.38. The third kappa shape index (κ3) is 2.22. The topological polar surface area (TPSA) is 47.3 Å². The fraction of sp³-hybridized carbons (Fsp3) is 0.111. The van der Waals surface area contributed by atoms with E-state index in [-0.39, 0.29) is 16.7 Å². The largest absolute Gasteiger partial charge is 0.450 e. The van der Waals surface area contributed by atoms with Crippen molar-refractivity contribution in [3.05, 3.63) is 28.7 Å². The van der Waals surface area contributed by atoms with E-state index in [1.807, 2.05) is 0 Å². The van der Waals surface area contributed by atoms with E-state index in [0.29, 0.717) is 0 Å². The third-order valence-corrected chi connectivity index (χ3v) is 3.59. The first kappa shape index (κ1) is 12.2. The molecule has 0 aliphatic heterocycles. The molecule has 0 radical (unpaired) electrons. The first-order chi connectivity index (χ1) is 7.91. The molecule has 0 atom stereocenters. The molecule has 0 saturated carbocycles. The van der Waals surface area contributed by atoms with Gasteiger partial charge in [-0.3, -0.25) is 0 Å². The second-order valence-corrected chi connectivity index (χ2v) is 5.09. The molecule has 0 bridgehead atoms. The molecule has 2 rings (SSSR count). The maximum atomic E-state index is 12.8. The zero-order valence-corrected chi connectivity index (χ0v) is 9.69. The molecule has 3 nitrogen and oxygen atoms in total. The van der Waals surface area contributed by atoms with Gasteiger partial charge in [-0.05, 0) is 11.4 Å². The number of rotatable bonds is 3. The van der Waals surface area contributed by atoms with Crippen molar-refractivity contribution in [2.24, 2.45) is 0 Å². The van der Waals surface area contributed by atoms with Gasteiger partial charge >= 0.3 is 10.2 Å². The summed E-state index contributed by atoms with van der Waals surface area (Å²) >= 11 is 0.973. The molecule has 17 heavy (non-hydrogen) atoms. The van der Waals surface area contributed by atoms with Gasteiger partial charge in [0.25, 0.3) is 11.5 Å². The van der Waals surface area contributed by atoms with Crippen molar-refractivity contribution >= 4 is 21.6 Å². The van der Waals surface area contributed by atoms with Gasteiger partial charge in [0, 0.05) is 22.1 Å². The highest BCUT2D eigenvalue weighted by molar-refractivity contribution is 7.86. The summed E-state index contributed by atoms with van der Waals surface area (Å²) in [7, 11) is -5.07. The van der Waals surface area contributed by atoms with Crippen LogP contribution in [0.4, 0.5) is 12.7 Å². The molecule has 0 unspecified atom stereocenters. The average Bonchev–Trinajstić information content (AvgIpc) is 2.84. The Morgan fingerprint density at radius 1 is 1.24 bits per heavy atom. The van der Waals surface area contributed by atoms with Crippen molar-refractivity contribution < 1.29 is 25.5 Å². The van der Waals surface area contributed by atoms with Crippen LogP contribution in [0.25, 0.3) is 11.1 Å². The van der Waals surface area contributed by atoms with Crippen LogP contribution in [0, 0.1) is 0 Å². The van der Waals surface area contributed by atoms with Gasteiger partial charge in [-0.15, -0.1) is 0 Å². The summed E-state index contributed by atoms with van der Waals surface area (Å²) in [4.78, 5) is 0. The molecular formula is C9H5F3O3S2. The van der Waals surface area contributed by atoms with Crippen molar-refractivity contribution in [3.63, 3.8) is 0 Å². The van der Waals surface area contributed by atoms with E-state index >= 15 is 0 Å². The summed E-state index contributed by atoms with van der Waals surface area (Å²) in [6, 6.07) is 1.14. The van der Waals surface area contributed by atoms with Crippen molar-refractivity contribution in [3.8, 4) is 11.1 Å². The zero-order chi connectivity index (χ0) is 12.6. The minimum Gasteiger partial charge on any atom is -0.450 e. The summed E-state index contributed by atoms with van der Waals surface area (Å²) in [6.07, 6.45) is -1.82. The lowest BCUT2D eigenvalue weighted by Gasteiger charge is -2.01. The van der Waals surface area contributed by atoms with Crippen LogP contribution in [-0.2, 0) is 10.2 Å². The SMILES string of the molecule is O=S(=O)(F)c1occc1-c1cscc1C(F)F. The fourth-order valence-corrected chi connectivity index (χ4v) is 2.83. The normalized spacial score (nSPS) is 12.2. The van der Waals surface area contributed by atoms with E-state index in [1.54, 1.807) is 0 Å². The van der Waals surface area contributed by atoms with Gasteiger partial charge < -0.3 is 4.42 Å². The maximum absolute atomic E-state index is 12.8. The van der Waals surface area contributed by atoms with Crippen LogP contribution in [0.1, 0.15) is 12.0 Å². The highest BCUT2D eigenvalue weighted by atomic mass is 32.3.